The third-order valence-electron chi connectivity index (χ3n) is 2.64. The monoisotopic (exact) mass is 367 g/mol. The standard InChI is InChI=1S/C18H29N3.BrH/c1-13(2)19-17(16-10-8-7-9-11-16)12-18(20-14(3)4)21-15(5)6;/h7-15,19H,1-6H3,(H,20,21);1H/b17-12-;. The number of benzene rings is 1. The van der Waals surface area contributed by atoms with Crippen LogP contribution in [0.4, 0.5) is 0 Å². The van der Waals surface area contributed by atoms with Crippen molar-refractivity contribution in [2.75, 3.05) is 0 Å². The highest BCUT2D eigenvalue weighted by Gasteiger charge is 2.06. The predicted octanol–water partition coefficient (Wildman–Crippen LogP) is 4.41. The first-order chi connectivity index (χ1) is 9.88. The average molecular weight is 368 g/mol. The van der Waals surface area contributed by atoms with Crippen LogP contribution in [0.25, 0.3) is 5.70 Å². The molecule has 22 heavy (non-hydrogen) atoms. The van der Waals surface area contributed by atoms with Crippen LogP contribution in [0.15, 0.2) is 41.4 Å². The molecule has 0 spiro atoms. The van der Waals surface area contributed by atoms with Gasteiger partial charge in [-0.2, -0.15) is 0 Å². The molecule has 0 heterocycles. The Labute approximate surface area is 146 Å². The summed E-state index contributed by atoms with van der Waals surface area (Å²) in [5.41, 5.74) is 2.27. The number of hydrogen-bond acceptors (Lipinski definition) is 2. The van der Waals surface area contributed by atoms with Crippen molar-refractivity contribution in [1.29, 1.82) is 0 Å². The fourth-order valence-corrected chi connectivity index (χ4v) is 1.96. The maximum atomic E-state index is 4.68. The van der Waals surface area contributed by atoms with E-state index in [0.29, 0.717) is 12.1 Å². The van der Waals surface area contributed by atoms with E-state index in [1.165, 1.54) is 5.56 Å². The van der Waals surface area contributed by atoms with Gasteiger partial charge in [-0.25, -0.2) is 0 Å². The van der Waals surface area contributed by atoms with E-state index in [0.717, 1.165) is 11.5 Å². The van der Waals surface area contributed by atoms with Gasteiger partial charge in [0.1, 0.15) is 5.84 Å². The Morgan fingerprint density at radius 1 is 0.909 bits per heavy atom. The molecule has 3 nitrogen and oxygen atoms in total. The summed E-state index contributed by atoms with van der Waals surface area (Å²) in [5, 5.41) is 6.93. The smallest absolute Gasteiger partial charge is 0.123 e. The van der Waals surface area contributed by atoms with E-state index in [2.05, 4.69) is 87.5 Å². The molecule has 0 unspecified atom stereocenters. The van der Waals surface area contributed by atoms with Crippen molar-refractivity contribution in [2.45, 2.75) is 59.7 Å². The lowest BCUT2D eigenvalue weighted by molar-refractivity contribution is 0.711. The normalized spacial score (nSPS) is 12.6. The molecule has 0 fully saturated rings. The molecule has 1 rings (SSSR count). The lowest BCUT2D eigenvalue weighted by Gasteiger charge is -2.17. The summed E-state index contributed by atoms with van der Waals surface area (Å²) in [5.74, 6) is 0.923. The SMILES string of the molecule is Br.CC(C)N=C(/C=C(\NC(C)C)c1ccccc1)NC(C)C. The van der Waals surface area contributed by atoms with Gasteiger partial charge < -0.3 is 10.6 Å². The molecule has 124 valence electrons. The van der Waals surface area contributed by atoms with Crippen LogP contribution in [0.2, 0.25) is 0 Å². The molecular formula is C18H30BrN3. The largest absolute Gasteiger partial charge is 0.382 e. The molecule has 1 aromatic carbocycles. The number of aliphatic imine (C=N–C) groups is 1. The van der Waals surface area contributed by atoms with E-state index < -0.39 is 0 Å². The van der Waals surface area contributed by atoms with Crippen LogP contribution in [0.1, 0.15) is 47.1 Å². The Balaban J connectivity index is 0.00000441. The zero-order chi connectivity index (χ0) is 15.8. The van der Waals surface area contributed by atoms with Crippen LogP contribution in [-0.4, -0.2) is 24.0 Å². The summed E-state index contributed by atoms with van der Waals surface area (Å²) in [6, 6.07) is 11.4. The highest BCUT2D eigenvalue weighted by molar-refractivity contribution is 8.93. The molecule has 0 aliphatic carbocycles. The van der Waals surface area contributed by atoms with Gasteiger partial charge in [-0.05, 0) is 47.1 Å². The van der Waals surface area contributed by atoms with Crippen molar-refractivity contribution in [3.63, 3.8) is 0 Å². The minimum atomic E-state index is 0. The van der Waals surface area contributed by atoms with Crippen LogP contribution >= 0.6 is 17.0 Å². The predicted molar refractivity (Wildman–Crippen MR) is 104 cm³/mol. The van der Waals surface area contributed by atoms with Crippen LogP contribution in [0.5, 0.6) is 0 Å². The topological polar surface area (TPSA) is 36.4 Å². The second kappa shape index (κ2) is 10.4. The maximum absolute atomic E-state index is 4.68. The Morgan fingerprint density at radius 2 is 1.45 bits per heavy atom. The van der Waals surface area contributed by atoms with Gasteiger partial charge in [-0.15, -0.1) is 17.0 Å². The molecule has 0 aromatic heterocycles. The lowest BCUT2D eigenvalue weighted by Crippen LogP contribution is -2.31. The molecule has 0 saturated carbocycles. The molecule has 2 N–H and O–H groups in total. The van der Waals surface area contributed by atoms with E-state index >= 15 is 0 Å². The summed E-state index contributed by atoms with van der Waals surface area (Å²) in [4.78, 5) is 4.68. The third kappa shape index (κ3) is 8.23. The van der Waals surface area contributed by atoms with E-state index in [1.807, 2.05) is 6.07 Å². The fraction of sp³-hybridized carbons (Fsp3) is 0.500. The fourth-order valence-electron chi connectivity index (χ4n) is 1.96. The van der Waals surface area contributed by atoms with E-state index in [1.54, 1.807) is 0 Å². The van der Waals surface area contributed by atoms with Crippen molar-refractivity contribution < 1.29 is 0 Å². The number of hydrogen-bond donors (Lipinski definition) is 2. The van der Waals surface area contributed by atoms with Gasteiger partial charge in [-0.1, -0.05) is 30.3 Å². The Bertz CT molecular complexity index is 476. The van der Waals surface area contributed by atoms with Crippen LogP contribution in [0, 0.1) is 0 Å². The first kappa shape index (κ1) is 20.7. The molecule has 0 amide bonds. The summed E-state index contributed by atoms with van der Waals surface area (Å²) in [6.45, 7) is 12.7. The van der Waals surface area contributed by atoms with E-state index in [-0.39, 0.29) is 23.0 Å². The van der Waals surface area contributed by atoms with Gasteiger partial charge in [0.05, 0.1) is 0 Å². The molecular weight excluding hydrogens is 338 g/mol. The number of nitrogens with zero attached hydrogens (tertiary/aromatic N) is 1. The molecule has 0 bridgehead atoms. The van der Waals surface area contributed by atoms with Crippen LogP contribution < -0.4 is 10.6 Å². The Morgan fingerprint density at radius 3 is 1.91 bits per heavy atom. The molecule has 0 aliphatic heterocycles. The lowest BCUT2D eigenvalue weighted by atomic mass is 10.1. The van der Waals surface area contributed by atoms with Crippen molar-refractivity contribution in [3.8, 4) is 0 Å². The van der Waals surface area contributed by atoms with E-state index in [4.69, 9.17) is 0 Å². The van der Waals surface area contributed by atoms with Crippen molar-refractivity contribution in [1.82, 2.24) is 10.6 Å². The van der Waals surface area contributed by atoms with Crippen LogP contribution in [-0.2, 0) is 0 Å². The zero-order valence-corrected chi connectivity index (χ0v) is 16.3. The number of rotatable bonds is 6. The highest BCUT2D eigenvalue weighted by Crippen LogP contribution is 2.12. The summed E-state index contributed by atoms with van der Waals surface area (Å²) in [6.07, 6.45) is 2.11. The van der Waals surface area contributed by atoms with Crippen LogP contribution in [0.3, 0.4) is 0 Å². The van der Waals surface area contributed by atoms with Crippen molar-refractivity contribution in [2.24, 2.45) is 4.99 Å². The van der Waals surface area contributed by atoms with Gasteiger partial charge >= 0.3 is 0 Å². The minimum absolute atomic E-state index is 0. The first-order valence-corrected chi connectivity index (χ1v) is 7.76. The van der Waals surface area contributed by atoms with Gasteiger partial charge in [0.2, 0.25) is 0 Å². The number of halogens is 1. The minimum Gasteiger partial charge on any atom is -0.382 e. The van der Waals surface area contributed by atoms with Gasteiger partial charge in [-0.3, -0.25) is 4.99 Å². The van der Waals surface area contributed by atoms with Gasteiger partial charge in [0, 0.05) is 29.9 Å². The Hall–Kier alpha value is -1.29. The average Bonchev–Trinajstić information content (AvgIpc) is 2.36. The molecule has 0 aliphatic rings. The molecule has 0 radical (unpaired) electrons. The van der Waals surface area contributed by atoms with Gasteiger partial charge in [0.15, 0.2) is 0 Å². The van der Waals surface area contributed by atoms with Crippen molar-refractivity contribution in [3.05, 3.63) is 42.0 Å². The summed E-state index contributed by atoms with van der Waals surface area (Å²) < 4.78 is 0. The molecule has 1 aromatic rings. The molecule has 4 heteroatoms. The number of amidine groups is 1. The second-order valence-corrected chi connectivity index (χ2v) is 6.13. The van der Waals surface area contributed by atoms with E-state index in [9.17, 15) is 0 Å². The molecule has 0 saturated heterocycles. The quantitative estimate of drug-likeness (QED) is 0.577. The van der Waals surface area contributed by atoms with Gasteiger partial charge in [0.25, 0.3) is 0 Å². The zero-order valence-electron chi connectivity index (χ0n) is 14.6. The summed E-state index contributed by atoms with van der Waals surface area (Å²) >= 11 is 0. The molecule has 0 atom stereocenters. The highest BCUT2D eigenvalue weighted by atomic mass is 79.9. The first-order valence-electron chi connectivity index (χ1n) is 7.76. The van der Waals surface area contributed by atoms with Crippen molar-refractivity contribution >= 4 is 28.5 Å². The second-order valence-electron chi connectivity index (χ2n) is 6.13. The Kier molecular flexibility index (Phi) is 9.83. The number of nitrogens with one attached hydrogen (secondary N) is 2. The maximum Gasteiger partial charge on any atom is 0.123 e. The summed E-state index contributed by atoms with van der Waals surface area (Å²) in [7, 11) is 0. The third-order valence-corrected chi connectivity index (χ3v) is 2.64.